The number of nitrogens with zero attached hydrogens (tertiary/aromatic N) is 2. The van der Waals surface area contributed by atoms with Crippen LogP contribution in [0, 0.1) is 6.92 Å². The first-order valence-electron chi connectivity index (χ1n) is 9.82. The van der Waals surface area contributed by atoms with E-state index < -0.39 is 0 Å². The molecule has 3 aromatic carbocycles. The van der Waals surface area contributed by atoms with Crippen molar-refractivity contribution in [3.8, 4) is 22.8 Å². The van der Waals surface area contributed by atoms with Gasteiger partial charge in [-0.3, -0.25) is 4.98 Å². The Hall–Kier alpha value is -3.73. The van der Waals surface area contributed by atoms with E-state index in [-0.39, 0.29) is 0 Å². The minimum absolute atomic E-state index is 0.663. The third-order valence-corrected chi connectivity index (χ3v) is 5.96. The van der Waals surface area contributed by atoms with Gasteiger partial charge in [0.25, 0.3) is 0 Å². The minimum Gasteiger partial charge on any atom is -0.497 e. The van der Waals surface area contributed by atoms with E-state index in [1.54, 1.807) is 14.2 Å². The van der Waals surface area contributed by atoms with Crippen LogP contribution in [0.25, 0.3) is 43.8 Å². The smallest absolute Gasteiger partial charge is 0.130 e. The monoisotopic (exact) mass is 397 g/mol. The average molecular weight is 397 g/mol. The number of nitrogens with two attached hydrogens (primary N) is 1. The summed E-state index contributed by atoms with van der Waals surface area (Å²) >= 11 is 0. The Morgan fingerprint density at radius 1 is 0.867 bits per heavy atom. The van der Waals surface area contributed by atoms with Crippen molar-refractivity contribution in [3.05, 3.63) is 60.3 Å². The summed E-state index contributed by atoms with van der Waals surface area (Å²) in [6.45, 7) is 2.17. The van der Waals surface area contributed by atoms with Gasteiger partial charge in [0.05, 0.1) is 25.4 Å². The summed E-state index contributed by atoms with van der Waals surface area (Å²) in [5, 5.41) is 4.60. The molecule has 0 atom stereocenters. The van der Waals surface area contributed by atoms with Crippen LogP contribution in [0.4, 0.5) is 5.69 Å². The fraction of sp³-hybridized carbons (Fsp3) is 0.160. The fourth-order valence-electron chi connectivity index (χ4n) is 4.51. The van der Waals surface area contributed by atoms with Crippen LogP contribution in [-0.4, -0.2) is 23.8 Å². The van der Waals surface area contributed by atoms with Gasteiger partial charge in [0.2, 0.25) is 0 Å². The molecule has 5 aromatic rings. The summed E-state index contributed by atoms with van der Waals surface area (Å²) in [5.41, 5.74) is 12.0. The normalized spacial score (nSPS) is 11.5. The molecule has 30 heavy (non-hydrogen) atoms. The van der Waals surface area contributed by atoms with Crippen LogP contribution < -0.4 is 15.2 Å². The second kappa shape index (κ2) is 6.66. The molecule has 150 valence electrons. The third kappa shape index (κ3) is 2.52. The number of anilines is 1. The van der Waals surface area contributed by atoms with Crippen molar-refractivity contribution in [2.45, 2.75) is 6.92 Å². The summed E-state index contributed by atoms with van der Waals surface area (Å²) < 4.78 is 13.3. The number of fused-ring (bicyclic) bond motifs is 4. The predicted molar refractivity (Wildman–Crippen MR) is 123 cm³/mol. The Morgan fingerprint density at radius 3 is 2.47 bits per heavy atom. The van der Waals surface area contributed by atoms with E-state index in [1.165, 1.54) is 27.4 Å². The van der Waals surface area contributed by atoms with Crippen molar-refractivity contribution >= 4 is 38.3 Å². The first-order valence-corrected chi connectivity index (χ1v) is 9.82. The SMILES string of the molecule is COc1ccc2c(c1)c1cc3c(-c4ccc(N)cc4OC)nccc3c(C)c1n2C. The quantitative estimate of drug-likeness (QED) is 0.411. The highest BCUT2D eigenvalue weighted by molar-refractivity contribution is 6.16. The summed E-state index contributed by atoms with van der Waals surface area (Å²) in [4.78, 5) is 4.73. The summed E-state index contributed by atoms with van der Waals surface area (Å²) in [7, 11) is 5.47. The molecule has 0 unspecified atom stereocenters. The molecule has 0 radical (unpaired) electrons. The number of aromatic nitrogens is 2. The molecule has 0 aliphatic rings. The lowest BCUT2D eigenvalue weighted by atomic mass is 9.97. The summed E-state index contributed by atoms with van der Waals surface area (Å²) in [5.74, 6) is 1.56. The first kappa shape index (κ1) is 18.3. The average Bonchev–Trinajstić information content (AvgIpc) is 3.05. The van der Waals surface area contributed by atoms with E-state index in [4.69, 9.17) is 20.2 Å². The number of rotatable bonds is 3. The minimum atomic E-state index is 0.663. The van der Waals surface area contributed by atoms with Crippen molar-refractivity contribution in [2.75, 3.05) is 20.0 Å². The Balaban J connectivity index is 1.93. The van der Waals surface area contributed by atoms with Crippen LogP contribution >= 0.6 is 0 Å². The third-order valence-electron chi connectivity index (χ3n) is 5.96. The number of pyridine rings is 1. The molecule has 0 aliphatic heterocycles. The number of benzene rings is 3. The number of hydrogen-bond donors (Lipinski definition) is 1. The van der Waals surface area contributed by atoms with Crippen LogP contribution in [0.5, 0.6) is 11.5 Å². The lowest BCUT2D eigenvalue weighted by Gasteiger charge is -2.13. The maximum absolute atomic E-state index is 5.97. The Morgan fingerprint density at radius 2 is 1.70 bits per heavy atom. The first-order chi connectivity index (χ1) is 14.5. The Kier molecular flexibility index (Phi) is 4.07. The van der Waals surface area contributed by atoms with Gasteiger partial charge in [-0.2, -0.15) is 0 Å². The van der Waals surface area contributed by atoms with Gasteiger partial charge in [0.1, 0.15) is 11.5 Å². The van der Waals surface area contributed by atoms with Crippen molar-refractivity contribution in [3.63, 3.8) is 0 Å². The summed E-state index contributed by atoms with van der Waals surface area (Å²) in [6, 6.07) is 16.2. The molecule has 5 nitrogen and oxygen atoms in total. The van der Waals surface area contributed by atoms with Gasteiger partial charge in [0, 0.05) is 52.2 Å². The van der Waals surface area contributed by atoms with E-state index >= 15 is 0 Å². The van der Waals surface area contributed by atoms with Gasteiger partial charge < -0.3 is 19.8 Å². The number of hydrogen-bond acceptors (Lipinski definition) is 4. The van der Waals surface area contributed by atoms with E-state index in [9.17, 15) is 0 Å². The van der Waals surface area contributed by atoms with Crippen LogP contribution in [0.2, 0.25) is 0 Å². The number of aryl methyl sites for hydroxylation is 2. The second-order valence-electron chi connectivity index (χ2n) is 7.55. The predicted octanol–water partition coefficient (Wildman–Crippen LogP) is 5.45. The summed E-state index contributed by atoms with van der Waals surface area (Å²) in [6.07, 6.45) is 1.86. The van der Waals surface area contributed by atoms with Gasteiger partial charge in [-0.05, 0) is 60.3 Å². The van der Waals surface area contributed by atoms with Crippen molar-refractivity contribution < 1.29 is 9.47 Å². The molecular weight excluding hydrogens is 374 g/mol. The molecule has 2 aromatic heterocycles. The van der Waals surface area contributed by atoms with Crippen LogP contribution in [-0.2, 0) is 7.05 Å². The lowest BCUT2D eigenvalue weighted by molar-refractivity contribution is 0.415. The van der Waals surface area contributed by atoms with Gasteiger partial charge in [-0.1, -0.05) is 0 Å². The van der Waals surface area contributed by atoms with Crippen LogP contribution in [0.15, 0.2) is 54.7 Å². The van der Waals surface area contributed by atoms with Gasteiger partial charge in [-0.25, -0.2) is 0 Å². The van der Waals surface area contributed by atoms with Crippen molar-refractivity contribution in [1.29, 1.82) is 0 Å². The zero-order valence-electron chi connectivity index (χ0n) is 17.5. The van der Waals surface area contributed by atoms with Crippen LogP contribution in [0.1, 0.15) is 5.56 Å². The molecule has 2 heterocycles. The molecule has 0 saturated carbocycles. The zero-order valence-corrected chi connectivity index (χ0v) is 17.5. The van der Waals surface area contributed by atoms with Crippen molar-refractivity contribution in [2.24, 2.45) is 7.05 Å². The standard InChI is InChI=1S/C25H23N3O2/c1-14-17-9-10-27-24(18-7-5-15(26)11-23(18)30-4)20(17)13-21-19-12-16(29-3)6-8-22(19)28(2)25(14)21/h5-13H,26H2,1-4H3. The molecule has 0 fully saturated rings. The van der Waals surface area contributed by atoms with Crippen molar-refractivity contribution in [1.82, 2.24) is 9.55 Å². The fourth-order valence-corrected chi connectivity index (χ4v) is 4.51. The number of methoxy groups -OCH3 is 2. The van der Waals surface area contributed by atoms with Gasteiger partial charge in [-0.15, -0.1) is 0 Å². The maximum atomic E-state index is 5.97. The van der Waals surface area contributed by atoms with Crippen LogP contribution in [0.3, 0.4) is 0 Å². The molecule has 2 N–H and O–H groups in total. The topological polar surface area (TPSA) is 62.3 Å². The van der Waals surface area contributed by atoms with E-state index in [2.05, 4.69) is 42.8 Å². The zero-order chi connectivity index (χ0) is 21.0. The van der Waals surface area contributed by atoms with Gasteiger partial charge >= 0.3 is 0 Å². The molecule has 0 spiro atoms. The van der Waals surface area contributed by atoms with Gasteiger partial charge in [0.15, 0.2) is 0 Å². The largest absolute Gasteiger partial charge is 0.497 e. The second-order valence-corrected chi connectivity index (χ2v) is 7.55. The Labute approximate surface area is 174 Å². The molecule has 5 rings (SSSR count). The molecular formula is C25H23N3O2. The van der Waals surface area contributed by atoms with E-state index in [1.807, 2.05) is 30.5 Å². The molecule has 5 heteroatoms. The van der Waals surface area contributed by atoms with E-state index in [0.29, 0.717) is 11.4 Å². The lowest BCUT2D eigenvalue weighted by Crippen LogP contribution is -1.95. The molecule has 0 aliphatic carbocycles. The maximum Gasteiger partial charge on any atom is 0.130 e. The Bertz CT molecular complexity index is 1450. The highest BCUT2D eigenvalue weighted by atomic mass is 16.5. The highest BCUT2D eigenvalue weighted by Crippen LogP contribution is 2.40. The number of ether oxygens (including phenoxy) is 2. The number of nitrogen functional groups attached to an aromatic ring is 1. The van der Waals surface area contributed by atoms with E-state index in [0.717, 1.165) is 27.8 Å². The molecule has 0 saturated heterocycles. The molecule has 0 amide bonds. The molecule has 0 bridgehead atoms. The highest BCUT2D eigenvalue weighted by Gasteiger charge is 2.18.